The first-order valence-corrected chi connectivity index (χ1v) is 10.2. The van der Waals surface area contributed by atoms with Crippen LogP contribution in [-0.2, 0) is 24.4 Å². The van der Waals surface area contributed by atoms with Crippen LogP contribution >= 0.6 is 23.2 Å². The molecule has 0 bridgehead atoms. The van der Waals surface area contributed by atoms with Crippen LogP contribution in [0.25, 0.3) is 0 Å². The second kappa shape index (κ2) is 10.1. The van der Waals surface area contributed by atoms with E-state index >= 15 is 0 Å². The minimum atomic E-state index is 0.657. The van der Waals surface area contributed by atoms with Crippen molar-refractivity contribution < 1.29 is 4.74 Å². The van der Waals surface area contributed by atoms with Crippen LogP contribution in [0.4, 0.5) is 0 Å². The molecule has 1 heterocycles. The number of methoxy groups -OCH3 is 1. The standard InChI is InChI=1S/C23H26Cl2N2O/c1-18-5-3-6-19(13-18)15-27-10-4-7-22(27)17-26(11-12-28-2)16-20-8-9-21(24)14-23(20)25/h3-10,13-14H,11-12,15-17H2,1-2H3. The van der Waals surface area contributed by atoms with Gasteiger partial charge in [-0.3, -0.25) is 4.90 Å². The van der Waals surface area contributed by atoms with Crippen LogP contribution in [0, 0.1) is 6.92 Å². The number of rotatable bonds is 9. The van der Waals surface area contributed by atoms with Crippen molar-refractivity contribution in [3.8, 4) is 0 Å². The van der Waals surface area contributed by atoms with Gasteiger partial charge in [0.2, 0.25) is 0 Å². The molecule has 3 nitrogen and oxygen atoms in total. The predicted molar refractivity (Wildman–Crippen MR) is 117 cm³/mol. The number of aryl methyl sites for hydroxylation is 1. The van der Waals surface area contributed by atoms with Crippen LogP contribution in [0.2, 0.25) is 10.0 Å². The Morgan fingerprint density at radius 1 is 1.00 bits per heavy atom. The lowest BCUT2D eigenvalue weighted by molar-refractivity contribution is 0.138. The van der Waals surface area contributed by atoms with E-state index in [0.29, 0.717) is 16.7 Å². The molecule has 1 aromatic heterocycles. The molecule has 28 heavy (non-hydrogen) atoms. The van der Waals surface area contributed by atoms with E-state index in [1.807, 2.05) is 12.1 Å². The molecule has 0 aliphatic heterocycles. The van der Waals surface area contributed by atoms with Crippen molar-refractivity contribution in [1.82, 2.24) is 9.47 Å². The van der Waals surface area contributed by atoms with E-state index in [9.17, 15) is 0 Å². The maximum absolute atomic E-state index is 6.40. The van der Waals surface area contributed by atoms with Gasteiger partial charge in [0, 0.05) is 55.2 Å². The highest BCUT2D eigenvalue weighted by Gasteiger charge is 2.12. The Bertz CT molecular complexity index is 907. The van der Waals surface area contributed by atoms with Gasteiger partial charge in [0.1, 0.15) is 0 Å². The molecular weight excluding hydrogens is 391 g/mol. The summed E-state index contributed by atoms with van der Waals surface area (Å²) in [5.41, 5.74) is 4.92. The van der Waals surface area contributed by atoms with Gasteiger partial charge in [-0.15, -0.1) is 0 Å². The Labute approximate surface area is 177 Å². The van der Waals surface area contributed by atoms with Crippen LogP contribution in [0.15, 0.2) is 60.8 Å². The normalized spacial score (nSPS) is 11.3. The molecule has 3 aromatic rings. The van der Waals surface area contributed by atoms with Gasteiger partial charge in [-0.1, -0.05) is 59.1 Å². The van der Waals surface area contributed by atoms with Gasteiger partial charge in [-0.25, -0.2) is 0 Å². The summed E-state index contributed by atoms with van der Waals surface area (Å²) in [7, 11) is 1.73. The lowest BCUT2D eigenvalue weighted by Crippen LogP contribution is -2.28. The zero-order valence-electron chi connectivity index (χ0n) is 16.4. The summed E-state index contributed by atoms with van der Waals surface area (Å²) < 4.78 is 7.62. The first kappa shape index (κ1) is 20.9. The van der Waals surface area contributed by atoms with Crippen molar-refractivity contribution in [3.63, 3.8) is 0 Å². The lowest BCUT2D eigenvalue weighted by atomic mass is 10.1. The first-order valence-electron chi connectivity index (χ1n) is 9.40. The fraction of sp³-hybridized carbons (Fsp3) is 0.304. The molecule has 0 aliphatic carbocycles. The van der Waals surface area contributed by atoms with Gasteiger partial charge in [0.25, 0.3) is 0 Å². The van der Waals surface area contributed by atoms with Crippen molar-refractivity contribution in [3.05, 3.63) is 93.2 Å². The van der Waals surface area contributed by atoms with Crippen LogP contribution in [0.5, 0.6) is 0 Å². The van der Waals surface area contributed by atoms with Gasteiger partial charge in [0.15, 0.2) is 0 Å². The molecule has 0 radical (unpaired) electrons. The number of benzene rings is 2. The molecular formula is C23H26Cl2N2O. The Morgan fingerprint density at radius 3 is 2.61 bits per heavy atom. The fourth-order valence-corrected chi connectivity index (χ4v) is 3.78. The largest absolute Gasteiger partial charge is 0.383 e. The molecule has 3 rings (SSSR count). The summed E-state index contributed by atoms with van der Waals surface area (Å²) in [6.07, 6.45) is 2.14. The Morgan fingerprint density at radius 2 is 1.86 bits per heavy atom. The summed E-state index contributed by atoms with van der Waals surface area (Å²) in [6.45, 7) is 6.05. The maximum Gasteiger partial charge on any atom is 0.0589 e. The number of ether oxygens (including phenoxy) is 1. The van der Waals surface area contributed by atoms with E-state index in [1.54, 1.807) is 13.2 Å². The Balaban J connectivity index is 1.75. The number of hydrogen-bond acceptors (Lipinski definition) is 2. The molecule has 2 aromatic carbocycles. The van der Waals surface area contributed by atoms with Crippen molar-refractivity contribution in [2.45, 2.75) is 26.6 Å². The third-order valence-corrected chi connectivity index (χ3v) is 5.35. The van der Waals surface area contributed by atoms with E-state index in [-0.39, 0.29) is 0 Å². The van der Waals surface area contributed by atoms with E-state index in [1.165, 1.54) is 16.8 Å². The van der Waals surface area contributed by atoms with Gasteiger partial charge in [-0.05, 0) is 42.3 Å². The third kappa shape index (κ3) is 5.86. The molecule has 0 aliphatic rings. The average molecular weight is 417 g/mol. The summed E-state index contributed by atoms with van der Waals surface area (Å²) >= 11 is 12.4. The molecule has 148 valence electrons. The zero-order valence-corrected chi connectivity index (χ0v) is 17.9. The van der Waals surface area contributed by atoms with E-state index in [2.05, 4.69) is 59.0 Å². The first-order chi connectivity index (χ1) is 13.5. The minimum Gasteiger partial charge on any atom is -0.383 e. The Kier molecular flexibility index (Phi) is 7.57. The molecule has 0 spiro atoms. The molecule has 0 saturated carbocycles. The highest BCUT2D eigenvalue weighted by Crippen LogP contribution is 2.23. The smallest absolute Gasteiger partial charge is 0.0589 e. The molecule has 0 atom stereocenters. The van der Waals surface area contributed by atoms with Crippen LogP contribution in [0.3, 0.4) is 0 Å². The van der Waals surface area contributed by atoms with Gasteiger partial charge >= 0.3 is 0 Å². The predicted octanol–water partition coefficient (Wildman–Crippen LogP) is 5.80. The molecule has 0 N–H and O–H groups in total. The number of aromatic nitrogens is 1. The van der Waals surface area contributed by atoms with E-state index in [4.69, 9.17) is 27.9 Å². The van der Waals surface area contributed by atoms with Crippen molar-refractivity contribution >= 4 is 23.2 Å². The monoisotopic (exact) mass is 416 g/mol. The molecule has 0 unspecified atom stereocenters. The minimum absolute atomic E-state index is 0.657. The Hall–Kier alpha value is -1.78. The van der Waals surface area contributed by atoms with Crippen LogP contribution in [-0.4, -0.2) is 29.7 Å². The van der Waals surface area contributed by atoms with E-state index in [0.717, 1.165) is 31.7 Å². The second-order valence-electron chi connectivity index (χ2n) is 7.06. The average Bonchev–Trinajstić information content (AvgIpc) is 3.08. The van der Waals surface area contributed by atoms with E-state index < -0.39 is 0 Å². The van der Waals surface area contributed by atoms with Crippen LogP contribution < -0.4 is 0 Å². The summed E-state index contributed by atoms with van der Waals surface area (Å²) in [5.74, 6) is 0. The summed E-state index contributed by atoms with van der Waals surface area (Å²) in [4.78, 5) is 2.35. The molecule has 5 heteroatoms. The highest BCUT2D eigenvalue weighted by atomic mass is 35.5. The number of hydrogen-bond donors (Lipinski definition) is 0. The van der Waals surface area contributed by atoms with Gasteiger partial charge in [-0.2, -0.15) is 0 Å². The van der Waals surface area contributed by atoms with Crippen molar-refractivity contribution in [1.29, 1.82) is 0 Å². The maximum atomic E-state index is 6.40. The topological polar surface area (TPSA) is 17.4 Å². The van der Waals surface area contributed by atoms with Gasteiger partial charge < -0.3 is 9.30 Å². The summed E-state index contributed by atoms with van der Waals surface area (Å²) in [5, 5.41) is 1.36. The fourth-order valence-electron chi connectivity index (χ4n) is 3.31. The molecule has 0 saturated heterocycles. The third-order valence-electron chi connectivity index (χ3n) is 4.77. The van der Waals surface area contributed by atoms with Crippen LogP contribution in [0.1, 0.15) is 22.4 Å². The number of halogens is 2. The van der Waals surface area contributed by atoms with Crippen molar-refractivity contribution in [2.75, 3.05) is 20.3 Å². The van der Waals surface area contributed by atoms with Crippen molar-refractivity contribution in [2.24, 2.45) is 0 Å². The SMILES string of the molecule is COCCN(Cc1ccc(Cl)cc1Cl)Cc1cccn1Cc1cccc(C)c1. The quantitative estimate of drug-likeness (QED) is 0.438. The molecule has 0 fully saturated rings. The zero-order chi connectivity index (χ0) is 19.9. The van der Waals surface area contributed by atoms with Gasteiger partial charge in [0.05, 0.1) is 6.61 Å². The summed E-state index contributed by atoms with van der Waals surface area (Å²) in [6, 6.07) is 18.6. The lowest BCUT2D eigenvalue weighted by Gasteiger charge is -2.23. The highest BCUT2D eigenvalue weighted by molar-refractivity contribution is 6.35. The second-order valence-corrected chi connectivity index (χ2v) is 7.90. The number of nitrogens with zero attached hydrogens (tertiary/aromatic N) is 2. The molecule has 0 amide bonds.